The van der Waals surface area contributed by atoms with Crippen LogP contribution in [-0.2, 0) is 10.8 Å². The molecule has 0 aliphatic carbocycles. The van der Waals surface area contributed by atoms with Gasteiger partial charge in [-0.25, -0.2) is 8.78 Å². The minimum absolute atomic E-state index is 0.101. The minimum Gasteiger partial charge on any atom is -0.406 e. The first-order valence-corrected chi connectivity index (χ1v) is 7.71. The van der Waals surface area contributed by atoms with E-state index in [1.165, 1.54) is 6.26 Å². The summed E-state index contributed by atoms with van der Waals surface area (Å²) in [5.74, 6) is -1.51. The van der Waals surface area contributed by atoms with Crippen molar-refractivity contribution in [3.63, 3.8) is 0 Å². The first kappa shape index (κ1) is 17.3. The smallest absolute Gasteiger partial charge is 0.406 e. The molecule has 2 unspecified atom stereocenters. The van der Waals surface area contributed by atoms with Gasteiger partial charge in [0.05, 0.1) is 21.9 Å². The van der Waals surface area contributed by atoms with Crippen LogP contribution in [0.15, 0.2) is 41.6 Å². The number of hydrogen-bond acceptors (Lipinski definition) is 3. The van der Waals surface area contributed by atoms with Gasteiger partial charge in [-0.3, -0.25) is 9.19 Å². The molecule has 1 aromatic carbocycles. The van der Waals surface area contributed by atoms with Crippen LogP contribution in [0.25, 0.3) is 0 Å². The lowest BCUT2D eigenvalue weighted by atomic mass is 10.0. The fraction of sp³-hybridized carbons (Fsp3) is 0.214. The topological polar surface area (TPSA) is 39.2 Å². The summed E-state index contributed by atoms with van der Waals surface area (Å²) in [6.07, 6.45) is -3.76. The first-order valence-electron chi connectivity index (χ1n) is 6.15. The number of alkyl halides is 4. The van der Waals surface area contributed by atoms with Crippen LogP contribution in [0, 0.1) is 5.82 Å². The number of halogens is 5. The van der Waals surface area contributed by atoms with E-state index in [4.69, 9.17) is 0 Å². The Morgan fingerprint density at radius 2 is 1.78 bits per heavy atom. The van der Waals surface area contributed by atoms with E-state index in [9.17, 15) is 26.2 Å². The zero-order valence-electron chi connectivity index (χ0n) is 11.6. The molecule has 0 fully saturated rings. The predicted octanol–water partition coefficient (Wildman–Crippen LogP) is 3.92. The summed E-state index contributed by atoms with van der Waals surface area (Å²) in [6.45, 7) is 0. The van der Waals surface area contributed by atoms with Gasteiger partial charge in [-0.2, -0.15) is 0 Å². The lowest BCUT2D eigenvalue weighted by molar-refractivity contribution is -0.274. The Balaban J connectivity index is 2.35. The molecule has 124 valence electrons. The average molecular weight is 351 g/mol. The second kappa shape index (κ2) is 6.61. The highest BCUT2D eigenvalue weighted by molar-refractivity contribution is 7.84. The van der Waals surface area contributed by atoms with Crippen molar-refractivity contribution in [2.24, 2.45) is 0 Å². The standard InChI is InChI=1S/C14H10F5NO2S/c1-23(21)11-7-20-6-10(15)12(11)13(16)8-2-4-9(5-3-8)22-14(17,18)19/h2-7,13H,1H3. The maximum absolute atomic E-state index is 14.6. The molecule has 0 spiro atoms. The third-order valence-electron chi connectivity index (χ3n) is 2.87. The molecular weight excluding hydrogens is 341 g/mol. The molecule has 0 saturated carbocycles. The Hall–Kier alpha value is -2.03. The van der Waals surface area contributed by atoms with Crippen molar-refractivity contribution in [1.29, 1.82) is 0 Å². The molecule has 0 radical (unpaired) electrons. The Morgan fingerprint density at radius 1 is 1.17 bits per heavy atom. The van der Waals surface area contributed by atoms with Crippen molar-refractivity contribution in [3.05, 3.63) is 53.6 Å². The fourth-order valence-corrected chi connectivity index (χ4v) is 2.63. The number of benzene rings is 1. The summed E-state index contributed by atoms with van der Waals surface area (Å²) in [5, 5.41) is 0. The van der Waals surface area contributed by atoms with Gasteiger partial charge in [0.1, 0.15) is 11.6 Å². The van der Waals surface area contributed by atoms with Gasteiger partial charge in [0.25, 0.3) is 0 Å². The zero-order chi connectivity index (χ0) is 17.2. The predicted molar refractivity (Wildman–Crippen MR) is 72.6 cm³/mol. The van der Waals surface area contributed by atoms with Gasteiger partial charge in [-0.15, -0.1) is 13.2 Å². The number of aromatic nitrogens is 1. The van der Waals surface area contributed by atoms with Crippen molar-refractivity contribution in [2.75, 3.05) is 6.26 Å². The summed E-state index contributed by atoms with van der Waals surface area (Å²) in [7, 11) is -1.68. The van der Waals surface area contributed by atoms with Crippen LogP contribution >= 0.6 is 0 Å². The van der Waals surface area contributed by atoms with Crippen LogP contribution in [0.4, 0.5) is 22.0 Å². The average Bonchev–Trinajstić information content (AvgIpc) is 2.45. The number of hydrogen-bond donors (Lipinski definition) is 0. The Kier molecular flexibility index (Phi) is 4.98. The molecule has 2 atom stereocenters. The van der Waals surface area contributed by atoms with E-state index < -0.39 is 40.5 Å². The maximum Gasteiger partial charge on any atom is 0.573 e. The molecule has 1 heterocycles. The number of rotatable bonds is 4. The zero-order valence-corrected chi connectivity index (χ0v) is 12.4. The molecular formula is C14H10F5NO2S. The van der Waals surface area contributed by atoms with Gasteiger partial charge in [-0.05, 0) is 17.7 Å². The molecule has 0 N–H and O–H groups in total. The van der Waals surface area contributed by atoms with Gasteiger partial charge in [0, 0.05) is 18.0 Å². The monoisotopic (exact) mass is 351 g/mol. The van der Waals surface area contributed by atoms with E-state index in [-0.39, 0.29) is 10.5 Å². The molecule has 0 bridgehead atoms. The van der Waals surface area contributed by atoms with Crippen LogP contribution in [0.1, 0.15) is 17.3 Å². The van der Waals surface area contributed by atoms with Crippen molar-refractivity contribution in [2.45, 2.75) is 17.4 Å². The van der Waals surface area contributed by atoms with Gasteiger partial charge < -0.3 is 4.74 Å². The van der Waals surface area contributed by atoms with Crippen molar-refractivity contribution < 1.29 is 30.9 Å². The van der Waals surface area contributed by atoms with E-state index in [1.807, 2.05) is 0 Å². The highest BCUT2D eigenvalue weighted by Gasteiger charge is 2.31. The molecule has 0 saturated heterocycles. The second-order valence-electron chi connectivity index (χ2n) is 4.47. The van der Waals surface area contributed by atoms with Crippen LogP contribution < -0.4 is 4.74 Å². The summed E-state index contributed by atoms with van der Waals surface area (Å²) < 4.78 is 79.8. The normalized spacial score (nSPS) is 14.3. The molecule has 9 heteroatoms. The SMILES string of the molecule is CS(=O)c1cncc(F)c1C(F)c1ccc(OC(F)(F)F)cc1. The van der Waals surface area contributed by atoms with E-state index in [0.717, 1.165) is 36.7 Å². The van der Waals surface area contributed by atoms with Gasteiger partial charge in [0.15, 0.2) is 6.17 Å². The van der Waals surface area contributed by atoms with Crippen LogP contribution in [-0.4, -0.2) is 21.8 Å². The van der Waals surface area contributed by atoms with Gasteiger partial charge in [-0.1, -0.05) is 12.1 Å². The largest absolute Gasteiger partial charge is 0.573 e. The lowest BCUT2D eigenvalue weighted by Gasteiger charge is -2.14. The quantitative estimate of drug-likeness (QED) is 0.784. The van der Waals surface area contributed by atoms with Crippen molar-refractivity contribution in [3.8, 4) is 5.75 Å². The lowest BCUT2D eigenvalue weighted by Crippen LogP contribution is -2.17. The molecule has 0 aliphatic rings. The third-order valence-corrected chi connectivity index (χ3v) is 3.82. The summed E-state index contributed by atoms with van der Waals surface area (Å²) in [6, 6.07) is 3.90. The molecule has 23 heavy (non-hydrogen) atoms. The van der Waals surface area contributed by atoms with E-state index in [0.29, 0.717) is 0 Å². The van der Waals surface area contributed by atoms with Crippen molar-refractivity contribution >= 4 is 10.8 Å². The van der Waals surface area contributed by atoms with E-state index in [2.05, 4.69) is 9.72 Å². The second-order valence-corrected chi connectivity index (χ2v) is 5.81. The van der Waals surface area contributed by atoms with Gasteiger partial charge >= 0.3 is 6.36 Å². The van der Waals surface area contributed by atoms with E-state index >= 15 is 0 Å². The van der Waals surface area contributed by atoms with Crippen molar-refractivity contribution in [1.82, 2.24) is 4.98 Å². The fourth-order valence-electron chi connectivity index (χ4n) is 1.91. The molecule has 1 aromatic heterocycles. The van der Waals surface area contributed by atoms with E-state index in [1.54, 1.807) is 0 Å². The molecule has 3 nitrogen and oxygen atoms in total. The Bertz CT molecular complexity index is 718. The van der Waals surface area contributed by atoms with Crippen LogP contribution in [0.3, 0.4) is 0 Å². The van der Waals surface area contributed by atoms with Gasteiger partial charge in [0.2, 0.25) is 0 Å². The molecule has 2 rings (SSSR count). The molecule has 0 aliphatic heterocycles. The molecule has 0 amide bonds. The summed E-state index contributed by atoms with van der Waals surface area (Å²) in [5.41, 5.74) is -0.554. The third kappa shape index (κ3) is 4.25. The minimum atomic E-state index is -4.86. The first-order chi connectivity index (χ1) is 10.7. The number of ether oxygens (including phenoxy) is 1. The Labute approximate surface area is 130 Å². The number of nitrogens with zero attached hydrogens (tertiary/aromatic N) is 1. The highest BCUT2D eigenvalue weighted by atomic mass is 32.2. The number of pyridine rings is 1. The summed E-state index contributed by atoms with van der Waals surface area (Å²) >= 11 is 0. The Morgan fingerprint density at radius 3 is 2.30 bits per heavy atom. The van der Waals surface area contributed by atoms with Crippen LogP contribution in [0.2, 0.25) is 0 Å². The maximum atomic E-state index is 14.6. The highest BCUT2D eigenvalue weighted by Crippen LogP contribution is 2.33. The summed E-state index contributed by atoms with van der Waals surface area (Å²) in [4.78, 5) is 3.40. The van der Waals surface area contributed by atoms with Crippen LogP contribution in [0.5, 0.6) is 5.75 Å². The molecule has 2 aromatic rings.